The largest absolute Gasteiger partial charge is 0.355 e. The highest BCUT2D eigenvalue weighted by Gasteiger charge is 2.35. The van der Waals surface area contributed by atoms with Crippen LogP contribution in [0.3, 0.4) is 0 Å². The first-order valence-electron chi connectivity index (χ1n) is 9.49. The van der Waals surface area contributed by atoms with Gasteiger partial charge in [-0.15, -0.1) is 0 Å². The monoisotopic (exact) mass is 310 g/mol. The lowest BCUT2D eigenvalue weighted by Crippen LogP contribution is -2.43. The summed E-state index contributed by atoms with van der Waals surface area (Å²) in [5.74, 6) is 2.41. The first-order valence-corrected chi connectivity index (χ1v) is 9.49. The summed E-state index contributed by atoms with van der Waals surface area (Å²) < 4.78 is 0. The Balaban J connectivity index is 2.44. The first kappa shape index (κ1) is 19.5. The van der Waals surface area contributed by atoms with Crippen LogP contribution in [0.25, 0.3) is 0 Å². The van der Waals surface area contributed by atoms with Gasteiger partial charge in [-0.1, -0.05) is 41.0 Å². The van der Waals surface area contributed by atoms with Crippen LogP contribution in [0, 0.1) is 23.7 Å². The van der Waals surface area contributed by atoms with Crippen LogP contribution < -0.4 is 5.32 Å². The van der Waals surface area contributed by atoms with Crippen molar-refractivity contribution in [1.29, 1.82) is 0 Å². The van der Waals surface area contributed by atoms with Crippen molar-refractivity contribution in [3.05, 3.63) is 0 Å². The zero-order chi connectivity index (χ0) is 16.5. The Morgan fingerprint density at radius 1 is 1.14 bits per heavy atom. The van der Waals surface area contributed by atoms with Gasteiger partial charge in [-0.25, -0.2) is 0 Å². The number of hydrogen-bond acceptors (Lipinski definition) is 2. The third-order valence-corrected chi connectivity index (χ3v) is 5.17. The number of rotatable bonds is 9. The third kappa shape index (κ3) is 6.28. The number of nitrogens with one attached hydrogen (secondary N) is 1. The van der Waals surface area contributed by atoms with Crippen LogP contribution in [0.2, 0.25) is 0 Å². The van der Waals surface area contributed by atoms with E-state index in [9.17, 15) is 4.79 Å². The highest BCUT2D eigenvalue weighted by Crippen LogP contribution is 2.37. The molecule has 22 heavy (non-hydrogen) atoms. The van der Waals surface area contributed by atoms with Gasteiger partial charge in [-0.05, 0) is 56.5 Å². The molecule has 3 nitrogen and oxygen atoms in total. The molecule has 0 bridgehead atoms. The van der Waals surface area contributed by atoms with E-state index in [4.69, 9.17) is 0 Å². The Hall–Kier alpha value is -0.570. The first-order chi connectivity index (χ1) is 10.5. The summed E-state index contributed by atoms with van der Waals surface area (Å²) in [6, 6.07) is 0. The van der Waals surface area contributed by atoms with Gasteiger partial charge >= 0.3 is 0 Å². The maximum Gasteiger partial charge on any atom is 0.223 e. The standard InChI is InChI=1S/C19H38N2O/c1-6-11-21(12-7-2)13-10-20-19(22)18-14-16(5)8-9-17(18)15(3)4/h15-18H,6-14H2,1-5H3,(H,20,22)/t16-,17?,18-/m1/s1. The van der Waals surface area contributed by atoms with Gasteiger partial charge in [0.25, 0.3) is 0 Å². The van der Waals surface area contributed by atoms with Crippen LogP contribution in [0.15, 0.2) is 0 Å². The molecule has 1 N–H and O–H groups in total. The van der Waals surface area contributed by atoms with Gasteiger partial charge in [-0.3, -0.25) is 4.79 Å². The lowest BCUT2D eigenvalue weighted by Gasteiger charge is -2.36. The van der Waals surface area contributed by atoms with Crippen LogP contribution in [0.1, 0.15) is 66.7 Å². The summed E-state index contributed by atoms with van der Waals surface area (Å²) in [7, 11) is 0. The van der Waals surface area contributed by atoms with Crippen molar-refractivity contribution in [3.63, 3.8) is 0 Å². The fraction of sp³-hybridized carbons (Fsp3) is 0.947. The van der Waals surface area contributed by atoms with E-state index in [-0.39, 0.29) is 5.92 Å². The second-order valence-corrected chi connectivity index (χ2v) is 7.57. The van der Waals surface area contributed by atoms with Crippen molar-refractivity contribution >= 4 is 5.91 Å². The number of carbonyl (C=O) groups is 1. The molecule has 3 atom stereocenters. The molecule has 0 aromatic carbocycles. The topological polar surface area (TPSA) is 32.3 Å². The molecular formula is C19H38N2O. The van der Waals surface area contributed by atoms with Gasteiger partial charge in [0.2, 0.25) is 5.91 Å². The van der Waals surface area contributed by atoms with Gasteiger partial charge in [0, 0.05) is 19.0 Å². The average Bonchev–Trinajstić information content (AvgIpc) is 2.47. The molecule has 0 aliphatic heterocycles. The molecule has 1 aliphatic rings. The molecule has 130 valence electrons. The molecule has 0 aromatic rings. The van der Waals surface area contributed by atoms with Crippen LogP contribution >= 0.6 is 0 Å². The van der Waals surface area contributed by atoms with Crippen molar-refractivity contribution in [3.8, 4) is 0 Å². The molecule has 0 radical (unpaired) electrons. The number of carbonyl (C=O) groups excluding carboxylic acids is 1. The van der Waals surface area contributed by atoms with E-state index in [1.165, 1.54) is 25.7 Å². The van der Waals surface area contributed by atoms with Crippen LogP contribution in [-0.4, -0.2) is 37.0 Å². The molecule has 0 spiro atoms. The quantitative estimate of drug-likeness (QED) is 0.700. The number of amides is 1. The van der Waals surface area contributed by atoms with Crippen LogP contribution in [0.4, 0.5) is 0 Å². The smallest absolute Gasteiger partial charge is 0.223 e. The van der Waals surface area contributed by atoms with E-state index in [0.29, 0.717) is 23.7 Å². The molecule has 0 saturated heterocycles. The maximum atomic E-state index is 12.6. The minimum atomic E-state index is 0.231. The second kappa shape index (κ2) is 10.3. The van der Waals surface area contributed by atoms with E-state index in [1.807, 2.05) is 0 Å². The van der Waals surface area contributed by atoms with E-state index >= 15 is 0 Å². The SMILES string of the molecule is CCCN(CCC)CCNC(=O)[C@@H]1C[C@H](C)CCC1C(C)C. The van der Waals surface area contributed by atoms with Gasteiger partial charge in [0.05, 0.1) is 0 Å². The molecule has 1 amide bonds. The molecule has 0 aromatic heterocycles. The normalized spacial score (nSPS) is 25.7. The molecule has 1 fully saturated rings. The zero-order valence-corrected chi connectivity index (χ0v) is 15.5. The van der Waals surface area contributed by atoms with Crippen molar-refractivity contribution in [2.45, 2.75) is 66.7 Å². The summed E-state index contributed by atoms with van der Waals surface area (Å²) in [5, 5.41) is 3.22. The Morgan fingerprint density at radius 3 is 2.32 bits per heavy atom. The van der Waals surface area contributed by atoms with Gasteiger partial charge in [0.15, 0.2) is 0 Å². The summed E-state index contributed by atoms with van der Waals surface area (Å²) in [4.78, 5) is 15.1. The minimum absolute atomic E-state index is 0.231. The predicted molar refractivity (Wildman–Crippen MR) is 94.9 cm³/mol. The molecule has 1 unspecified atom stereocenters. The number of hydrogen-bond donors (Lipinski definition) is 1. The zero-order valence-electron chi connectivity index (χ0n) is 15.5. The molecule has 1 aliphatic carbocycles. The van der Waals surface area contributed by atoms with E-state index in [1.54, 1.807) is 0 Å². The molecule has 3 heteroatoms. The van der Waals surface area contributed by atoms with E-state index in [0.717, 1.165) is 32.6 Å². The third-order valence-electron chi connectivity index (χ3n) is 5.17. The second-order valence-electron chi connectivity index (χ2n) is 7.57. The summed E-state index contributed by atoms with van der Waals surface area (Å²) >= 11 is 0. The van der Waals surface area contributed by atoms with Crippen LogP contribution in [0.5, 0.6) is 0 Å². The van der Waals surface area contributed by atoms with Gasteiger partial charge in [-0.2, -0.15) is 0 Å². The summed E-state index contributed by atoms with van der Waals surface area (Å²) in [6.07, 6.45) is 5.94. The Morgan fingerprint density at radius 2 is 1.77 bits per heavy atom. The van der Waals surface area contributed by atoms with Crippen molar-refractivity contribution in [2.24, 2.45) is 23.7 Å². The Bertz CT molecular complexity index is 311. The predicted octanol–water partition coefficient (Wildman–Crippen LogP) is 3.93. The minimum Gasteiger partial charge on any atom is -0.355 e. The molecular weight excluding hydrogens is 272 g/mol. The fourth-order valence-corrected chi connectivity index (χ4v) is 3.94. The summed E-state index contributed by atoms with van der Waals surface area (Å²) in [5.41, 5.74) is 0. The molecule has 1 saturated carbocycles. The lowest BCUT2D eigenvalue weighted by molar-refractivity contribution is -0.129. The van der Waals surface area contributed by atoms with E-state index < -0.39 is 0 Å². The maximum absolute atomic E-state index is 12.6. The number of nitrogens with zero attached hydrogens (tertiary/aromatic N) is 1. The van der Waals surface area contributed by atoms with Crippen molar-refractivity contribution in [2.75, 3.05) is 26.2 Å². The van der Waals surface area contributed by atoms with Crippen LogP contribution in [-0.2, 0) is 4.79 Å². The highest BCUT2D eigenvalue weighted by molar-refractivity contribution is 5.79. The van der Waals surface area contributed by atoms with Gasteiger partial charge < -0.3 is 10.2 Å². The Labute approximate surface area is 138 Å². The molecule has 0 heterocycles. The molecule has 1 rings (SSSR count). The Kier molecular flexibility index (Phi) is 9.08. The lowest BCUT2D eigenvalue weighted by atomic mass is 9.70. The average molecular weight is 311 g/mol. The fourth-order valence-electron chi connectivity index (χ4n) is 3.94. The van der Waals surface area contributed by atoms with E-state index in [2.05, 4.69) is 44.8 Å². The highest BCUT2D eigenvalue weighted by atomic mass is 16.1. The summed E-state index contributed by atoms with van der Waals surface area (Å²) in [6.45, 7) is 15.3. The van der Waals surface area contributed by atoms with Crippen molar-refractivity contribution in [1.82, 2.24) is 10.2 Å². The van der Waals surface area contributed by atoms with Crippen molar-refractivity contribution < 1.29 is 4.79 Å². The van der Waals surface area contributed by atoms with Gasteiger partial charge in [0.1, 0.15) is 0 Å².